The molecule has 0 radical (unpaired) electrons. The normalized spacial score (nSPS) is 12.9. The number of carbonyl (C=O) groups excluding carboxylic acids is 1. The van der Waals surface area contributed by atoms with Crippen molar-refractivity contribution in [2.24, 2.45) is 5.84 Å². The maximum absolute atomic E-state index is 11.6. The molecule has 7 nitrogen and oxygen atoms in total. The van der Waals surface area contributed by atoms with Gasteiger partial charge >= 0.3 is 6.09 Å². The van der Waals surface area contributed by atoms with Gasteiger partial charge in [0.1, 0.15) is 12.7 Å². The lowest BCUT2D eigenvalue weighted by Crippen LogP contribution is -2.29. The Bertz CT molecular complexity index is 666. The zero-order chi connectivity index (χ0) is 18.1. The second kappa shape index (κ2) is 9.63. The van der Waals surface area contributed by atoms with E-state index in [1.165, 1.54) is 0 Å². The Hall–Kier alpha value is -2.61. The molecule has 0 aliphatic carbocycles. The molecule has 7 heteroatoms. The predicted octanol–water partition coefficient (Wildman–Crippen LogP) is 1.68. The van der Waals surface area contributed by atoms with E-state index in [1.807, 2.05) is 30.3 Å². The van der Waals surface area contributed by atoms with Crippen LogP contribution in [-0.4, -0.2) is 29.0 Å². The van der Waals surface area contributed by atoms with Gasteiger partial charge in [-0.3, -0.25) is 5.84 Å². The molecule has 6 N–H and O–H groups in total. The minimum Gasteiger partial charge on any atom is -0.445 e. The van der Waals surface area contributed by atoms with Crippen molar-refractivity contribution in [3.8, 4) is 0 Å². The van der Waals surface area contributed by atoms with Crippen LogP contribution >= 0.6 is 0 Å². The minimum absolute atomic E-state index is 0.177. The molecule has 0 heterocycles. The molecular weight excluding hydrogens is 322 g/mol. The van der Waals surface area contributed by atoms with Crippen LogP contribution in [0.3, 0.4) is 0 Å². The second-order valence-corrected chi connectivity index (χ2v) is 5.56. The quantitative estimate of drug-likeness (QED) is 0.367. The number of nitrogens with one attached hydrogen (secondary N) is 2. The van der Waals surface area contributed by atoms with Gasteiger partial charge in [-0.25, -0.2) is 4.79 Å². The summed E-state index contributed by atoms with van der Waals surface area (Å²) in [5.74, 6) is 5.32. The van der Waals surface area contributed by atoms with Gasteiger partial charge in [-0.1, -0.05) is 42.5 Å². The first kappa shape index (κ1) is 18.7. The molecule has 0 aliphatic rings. The summed E-state index contributed by atoms with van der Waals surface area (Å²) < 4.78 is 5.07. The van der Waals surface area contributed by atoms with E-state index < -0.39 is 18.3 Å². The number of rotatable bonds is 8. The largest absolute Gasteiger partial charge is 0.445 e. The van der Waals surface area contributed by atoms with Gasteiger partial charge in [0.15, 0.2) is 0 Å². The van der Waals surface area contributed by atoms with Gasteiger partial charge < -0.3 is 25.7 Å². The third kappa shape index (κ3) is 6.07. The van der Waals surface area contributed by atoms with E-state index >= 15 is 0 Å². The topological polar surface area (TPSA) is 117 Å². The predicted molar refractivity (Wildman–Crippen MR) is 94.5 cm³/mol. The number of anilines is 1. The molecule has 0 saturated heterocycles. The number of hydrogen-bond acceptors (Lipinski definition) is 6. The third-order valence-electron chi connectivity index (χ3n) is 3.68. The first-order chi connectivity index (χ1) is 12.1. The number of carbonyl (C=O) groups is 1. The fraction of sp³-hybridized carbons (Fsp3) is 0.278. The lowest BCUT2D eigenvalue weighted by Gasteiger charge is -2.19. The summed E-state index contributed by atoms with van der Waals surface area (Å²) in [6, 6.07) is 16.1. The molecule has 0 saturated carbocycles. The fourth-order valence-electron chi connectivity index (χ4n) is 2.29. The molecule has 2 aromatic rings. The maximum atomic E-state index is 11.6. The zero-order valence-electron chi connectivity index (χ0n) is 13.8. The van der Waals surface area contributed by atoms with E-state index in [1.54, 1.807) is 24.3 Å². The van der Waals surface area contributed by atoms with Crippen LogP contribution in [0.2, 0.25) is 0 Å². The molecule has 1 amide bonds. The van der Waals surface area contributed by atoms with E-state index in [0.29, 0.717) is 11.3 Å². The number of benzene rings is 2. The molecule has 0 spiro atoms. The van der Waals surface area contributed by atoms with E-state index in [-0.39, 0.29) is 19.6 Å². The van der Waals surface area contributed by atoms with Crippen molar-refractivity contribution in [2.45, 2.75) is 25.2 Å². The van der Waals surface area contributed by atoms with Gasteiger partial charge in [0, 0.05) is 12.2 Å². The molecule has 2 aromatic carbocycles. The Morgan fingerprint density at radius 1 is 1.12 bits per heavy atom. The number of alkyl carbamates (subject to hydrolysis) is 1. The number of nitrogens with two attached hydrogens (primary N) is 1. The lowest BCUT2D eigenvalue weighted by atomic mass is 10.0. The summed E-state index contributed by atoms with van der Waals surface area (Å²) in [7, 11) is 0. The monoisotopic (exact) mass is 345 g/mol. The molecule has 2 atom stereocenters. The number of hydrazine groups is 1. The van der Waals surface area contributed by atoms with Crippen LogP contribution in [0.15, 0.2) is 54.6 Å². The smallest absolute Gasteiger partial charge is 0.407 e. The standard InChI is InChI=1S/C18H23N3O4/c19-21-15-8-4-7-14(11-15)17(23)16(22)9-10-20-18(24)25-12-13-5-2-1-3-6-13/h1-8,11,16-17,21-23H,9-10,12,19H2,(H,20,24). The maximum Gasteiger partial charge on any atom is 0.407 e. The number of nitrogen functional groups attached to an aromatic ring is 1. The van der Waals surface area contributed by atoms with Crippen molar-refractivity contribution in [3.05, 3.63) is 65.7 Å². The number of amides is 1. The van der Waals surface area contributed by atoms with E-state index in [4.69, 9.17) is 10.6 Å². The van der Waals surface area contributed by atoms with Crippen molar-refractivity contribution < 1.29 is 19.7 Å². The van der Waals surface area contributed by atoms with Crippen molar-refractivity contribution in [1.29, 1.82) is 0 Å². The first-order valence-electron chi connectivity index (χ1n) is 7.97. The average Bonchev–Trinajstić information content (AvgIpc) is 2.66. The van der Waals surface area contributed by atoms with Crippen molar-refractivity contribution in [3.63, 3.8) is 0 Å². The summed E-state index contributed by atoms with van der Waals surface area (Å²) in [4.78, 5) is 11.6. The zero-order valence-corrected chi connectivity index (χ0v) is 13.8. The van der Waals surface area contributed by atoms with Crippen LogP contribution in [0.25, 0.3) is 0 Å². The number of ether oxygens (including phenoxy) is 1. The van der Waals surface area contributed by atoms with E-state index in [0.717, 1.165) is 5.56 Å². The minimum atomic E-state index is -1.07. The molecule has 134 valence electrons. The van der Waals surface area contributed by atoms with Crippen molar-refractivity contribution in [2.75, 3.05) is 12.0 Å². The van der Waals surface area contributed by atoms with Gasteiger partial charge in [0.05, 0.1) is 6.10 Å². The summed E-state index contributed by atoms with van der Waals surface area (Å²) in [5.41, 5.74) is 4.54. The van der Waals surface area contributed by atoms with E-state index in [2.05, 4.69) is 10.7 Å². The van der Waals surface area contributed by atoms with Gasteiger partial charge in [0.2, 0.25) is 0 Å². The fourth-order valence-corrected chi connectivity index (χ4v) is 2.29. The second-order valence-electron chi connectivity index (χ2n) is 5.56. The third-order valence-corrected chi connectivity index (χ3v) is 3.68. The number of aliphatic hydroxyl groups is 2. The summed E-state index contributed by atoms with van der Waals surface area (Å²) >= 11 is 0. The molecule has 0 aromatic heterocycles. The molecule has 0 bridgehead atoms. The highest BCUT2D eigenvalue weighted by Gasteiger charge is 2.18. The van der Waals surface area contributed by atoms with Crippen molar-refractivity contribution >= 4 is 11.8 Å². The summed E-state index contributed by atoms with van der Waals surface area (Å²) in [6.07, 6.45) is -2.49. The molecule has 0 aliphatic heterocycles. The van der Waals surface area contributed by atoms with Crippen LogP contribution in [0.5, 0.6) is 0 Å². The van der Waals surface area contributed by atoms with Crippen LogP contribution in [-0.2, 0) is 11.3 Å². The lowest BCUT2D eigenvalue weighted by molar-refractivity contribution is 0.0136. The first-order valence-corrected chi connectivity index (χ1v) is 7.97. The van der Waals surface area contributed by atoms with Crippen LogP contribution in [0, 0.1) is 0 Å². The van der Waals surface area contributed by atoms with Gasteiger partial charge in [-0.05, 0) is 29.7 Å². The molecule has 2 unspecified atom stereocenters. The summed E-state index contributed by atoms with van der Waals surface area (Å²) in [5, 5.41) is 22.8. The Kier molecular flexibility index (Phi) is 7.21. The Balaban J connectivity index is 1.71. The van der Waals surface area contributed by atoms with Crippen LogP contribution < -0.4 is 16.6 Å². The summed E-state index contributed by atoms with van der Waals surface area (Å²) in [6.45, 7) is 0.359. The number of hydrogen-bond donors (Lipinski definition) is 5. The SMILES string of the molecule is NNc1cccc(C(O)C(O)CCNC(=O)OCc2ccccc2)c1. The highest BCUT2D eigenvalue weighted by atomic mass is 16.5. The van der Waals surface area contributed by atoms with Gasteiger partial charge in [0.25, 0.3) is 0 Å². The number of aliphatic hydroxyl groups excluding tert-OH is 2. The van der Waals surface area contributed by atoms with Gasteiger partial charge in [-0.15, -0.1) is 0 Å². The molecule has 0 fully saturated rings. The van der Waals surface area contributed by atoms with Crippen LogP contribution in [0.1, 0.15) is 23.7 Å². The molecular formula is C18H23N3O4. The molecule has 25 heavy (non-hydrogen) atoms. The Labute approximate surface area is 146 Å². The van der Waals surface area contributed by atoms with Crippen molar-refractivity contribution in [1.82, 2.24) is 5.32 Å². The average molecular weight is 345 g/mol. The highest BCUT2D eigenvalue weighted by molar-refractivity contribution is 5.67. The highest BCUT2D eigenvalue weighted by Crippen LogP contribution is 2.21. The Morgan fingerprint density at radius 2 is 1.88 bits per heavy atom. The van der Waals surface area contributed by atoms with Crippen LogP contribution in [0.4, 0.5) is 10.5 Å². The van der Waals surface area contributed by atoms with Gasteiger partial charge in [-0.2, -0.15) is 0 Å². The van der Waals surface area contributed by atoms with E-state index in [9.17, 15) is 15.0 Å². The Morgan fingerprint density at radius 3 is 2.60 bits per heavy atom. The molecule has 2 rings (SSSR count).